The SMILES string of the molecule is COC(=O)c1ccc2nc(N3CCC(c4ccc(OC)cc4)CC3)c(-c3ccc(F)cc3)nc2c1. The van der Waals surface area contributed by atoms with E-state index in [0.717, 1.165) is 43.1 Å². The number of nitrogens with zero attached hydrogens (tertiary/aromatic N) is 3. The molecule has 0 aliphatic carbocycles. The van der Waals surface area contributed by atoms with Gasteiger partial charge in [-0.1, -0.05) is 12.1 Å². The highest BCUT2D eigenvalue weighted by Gasteiger charge is 2.25. The molecule has 6 nitrogen and oxygen atoms in total. The molecule has 4 aromatic rings. The van der Waals surface area contributed by atoms with Crippen molar-refractivity contribution in [2.45, 2.75) is 18.8 Å². The van der Waals surface area contributed by atoms with Crippen LogP contribution in [0.5, 0.6) is 5.75 Å². The summed E-state index contributed by atoms with van der Waals surface area (Å²) in [6, 6.07) is 19.7. The van der Waals surface area contributed by atoms with Gasteiger partial charge < -0.3 is 14.4 Å². The number of hydrogen-bond donors (Lipinski definition) is 0. The second-order valence-corrected chi connectivity index (χ2v) is 8.63. The number of benzene rings is 3. The Bertz CT molecular complexity index is 1350. The summed E-state index contributed by atoms with van der Waals surface area (Å²) >= 11 is 0. The average molecular weight is 472 g/mol. The van der Waals surface area contributed by atoms with Gasteiger partial charge in [-0.05, 0) is 78.9 Å². The van der Waals surface area contributed by atoms with Crippen molar-refractivity contribution in [2.24, 2.45) is 0 Å². The van der Waals surface area contributed by atoms with Crippen molar-refractivity contribution < 1.29 is 18.7 Å². The Balaban J connectivity index is 1.48. The number of carbonyl (C=O) groups excluding carboxylic acids is 1. The highest BCUT2D eigenvalue weighted by molar-refractivity contribution is 5.94. The lowest BCUT2D eigenvalue weighted by Gasteiger charge is -2.34. The molecule has 35 heavy (non-hydrogen) atoms. The van der Waals surface area contributed by atoms with Gasteiger partial charge in [0.25, 0.3) is 0 Å². The molecule has 5 rings (SSSR count). The predicted octanol–water partition coefficient (Wildman–Crippen LogP) is 5.62. The van der Waals surface area contributed by atoms with Gasteiger partial charge in [-0.15, -0.1) is 0 Å². The molecule has 1 saturated heterocycles. The predicted molar refractivity (Wildman–Crippen MR) is 133 cm³/mol. The van der Waals surface area contributed by atoms with E-state index >= 15 is 0 Å². The van der Waals surface area contributed by atoms with Crippen molar-refractivity contribution in [3.05, 3.63) is 83.7 Å². The van der Waals surface area contributed by atoms with Gasteiger partial charge in [-0.3, -0.25) is 0 Å². The Morgan fingerprint density at radius 3 is 2.29 bits per heavy atom. The number of methoxy groups -OCH3 is 2. The number of rotatable bonds is 5. The minimum Gasteiger partial charge on any atom is -0.497 e. The zero-order valence-electron chi connectivity index (χ0n) is 19.7. The lowest BCUT2D eigenvalue weighted by molar-refractivity contribution is 0.0601. The van der Waals surface area contributed by atoms with Crippen LogP contribution in [0, 0.1) is 5.82 Å². The Hall–Kier alpha value is -4.00. The molecular formula is C28H26FN3O3. The van der Waals surface area contributed by atoms with E-state index in [1.165, 1.54) is 24.8 Å². The molecule has 1 aliphatic heterocycles. The fourth-order valence-corrected chi connectivity index (χ4v) is 4.61. The zero-order chi connectivity index (χ0) is 24.4. The summed E-state index contributed by atoms with van der Waals surface area (Å²) in [4.78, 5) is 24.1. The minimum absolute atomic E-state index is 0.308. The lowest BCUT2D eigenvalue weighted by atomic mass is 9.89. The molecular weight excluding hydrogens is 445 g/mol. The van der Waals surface area contributed by atoms with E-state index in [1.54, 1.807) is 37.4 Å². The van der Waals surface area contributed by atoms with Gasteiger partial charge in [-0.25, -0.2) is 19.2 Å². The standard InChI is InChI=1S/C28H26FN3O3/c1-34-23-10-5-18(6-11-23)19-13-15-32(16-14-19)27-26(20-3-8-22(29)9-4-20)30-25-17-21(28(33)35-2)7-12-24(25)31-27/h3-12,17,19H,13-16H2,1-2H3. The van der Waals surface area contributed by atoms with Gasteiger partial charge in [-0.2, -0.15) is 0 Å². The third kappa shape index (κ3) is 4.67. The molecule has 0 N–H and O–H groups in total. The highest BCUT2D eigenvalue weighted by Crippen LogP contribution is 2.35. The number of piperidine rings is 1. The molecule has 0 unspecified atom stereocenters. The highest BCUT2D eigenvalue weighted by atomic mass is 19.1. The molecule has 0 atom stereocenters. The molecule has 0 bridgehead atoms. The first kappa shape index (κ1) is 22.8. The van der Waals surface area contributed by atoms with E-state index in [4.69, 9.17) is 19.4 Å². The fourth-order valence-electron chi connectivity index (χ4n) is 4.61. The maximum absolute atomic E-state index is 13.6. The second-order valence-electron chi connectivity index (χ2n) is 8.63. The van der Waals surface area contributed by atoms with Gasteiger partial charge in [0.05, 0.1) is 30.8 Å². The van der Waals surface area contributed by atoms with Gasteiger partial charge in [0.1, 0.15) is 17.3 Å². The van der Waals surface area contributed by atoms with Crippen LogP contribution < -0.4 is 9.64 Å². The Kier molecular flexibility index (Phi) is 6.31. The minimum atomic E-state index is -0.429. The first-order chi connectivity index (χ1) is 17.1. The van der Waals surface area contributed by atoms with Crippen molar-refractivity contribution in [1.82, 2.24) is 9.97 Å². The van der Waals surface area contributed by atoms with E-state index in [0.29, 0.717) is 28.2 Å². The van der Waals surface area contributed by atoms with Crippen molar-refractivity contribution >= 4 is 22.8 Å². The van der Waals surface area contributed by atoms with Crippen molar-refractivity contribution in [3.63, 3.8) is 0 Å². The van der Waals surface area contributed by atoms with Crippen molar-refractivity contribution in [2.75, 3.05) is 32.2 Å². The number of hydrogen-bond acceptors (Lipinski definition) is 6. The average Bonchev–Trinajstić information content (AvgIpc) is 2.92. The van der Waals surface area contributed by atoms with Gasteiger partial charge >= 0.3 is 5.97 Å². The van der Waals surface area contributed by atoms with E-state index < -0.39 is 5.97 Å². The van der Waals surface area contributed by atoms with Crippen LogP contribution >= 0.6 is 0 Å². The first-order valence-corrected chi connectivity index (χ1v) is 11.6. The van der Waals surface area contributed by atoms with Crippen LogP contribution in [0.3, 0.4) is 0 Å². The number of halogens is 1. The number of carbonyl (C=O) groups is 1. The smallest absolute Gasteiger partial charge is 0.337 e. The number of anilines is 1. The summed E-state index contributed by atoms with van der Waals surface area (Å²) in [6.45, 7) is 1.65. The number of esters is 1. The lowest BCUT2D eigenvalue weighted by Crippen LogP contribution is -2.34. The van der Waals surface area contributed by atoms with Crippen LogP contribution in [0.25, 0.3) is 22.3 Å². The van der Waals surface area contributed by atoms with E-state index in [9.17, 15) is 9.18 Å². The van der Waals surface area contributed by atoms with Crippen LogP contribution in [0.2, 0.25) is 0 Å². The molecule has 3 aromatic carbocycles. The molecule has 0 saturated carbocycles. The van der Waals surface area contributed by atoms with Crippen LogP contribution in [-0.2, 0) is 4.74 Å². The fraction of sp³-hybridized carbons (Fsp3) is 0.250. The van der Waals surface area contributed by atoms with Gasteiger partial charge in [0.15, 0.2) is 5.82 Å². The Labute approximate surface area is 203 Å². The summed E-state index contributed by atoms with van der Waals surface area (Å²) in [5.41, 5.74) is 4.44. The third-order valence-electron chi connectivity index (χ3n) is 6.57. The Morgan fingerprint density at radius 1 is 0.914 bits per heavy atom. The quantitative estimate of drug-likeness (QED) is 0.352. The van der Waals surface area contributed by atoms with Crippen LogP contribution in [0.4, 0.5) is 10.2 Å². The molecule has 1 aromatic heterocycles. The molecule has 1 aliphatic rings. The van der Waals surface area contributed by atoms with Crippen LogP contribution in [0.1, 0.15) is 34.7 Å². The molecule has 2 heterocycles. The third-order valence-corrected chi connectivity index (χ3v) is 6.57. The van der Waals surface area contributed by atoms with Crippen molar-refractivity contribution in [3.8, 4) is 17.0 Å². The summed E-state index contributed by atoms with van der Waals surface area (Å²) in [7, 11) is 3.02. The summed E-state index contributed by atoms with van der Waals surface area (Å²) < 4.78 is 23.8. The largest absolute Gasteiger partial charge is 0.497 e. The van der Waals surface area contributed by atoms with Gasteiger partial charge in [0.2, 0.25) is 0 Å². The number of fused-ring (bicyclic) bond motifs is 1. The topological polar surface area (TPSA) is 64.5 Å². The van der Waals surface area contributed by atoms with E-state index in [1.807, 2.05) is 12.1 Å². The molecule has 0 spiro atoms. The normalized spacial score (nSPS) is 14.2. The molecule has 178 valence electrons. The summed E-state index contributed by atoms with van der Waals surface area (Å²) in [5.74, 6) is 1.35. The monoisotopic (exact) mass is 471 g/mol. The summed E-state index contributed by atoms with van der Waals surface area (Å²) in [6.07, 6.45) is 1.96. The number of aromatic nitrogens is 2. The molecule has 7 heteroatoms. The zero-order valence-corrected chi connectivity index (χ0v) is 19.7. The van der Waals surface area contributed by atoms with E-state index in [2.05, 4.69) is 17.0 Å². The van der Waals surface area contributed by atoms with Crippen LogP contribution in [-0.4, -0.2) is 43.2 Å². The summed E-state index contributed by atoms with van der Waals surface area (Å²) in [5, 5.41) is 0. The van der Waals surface area contributed by atoms with E-state index in [-0.39, 0.29) is 5.82 Å². The molecule has 1 fully saturated rings. The Morgan fingerprint density at radius 2 is 1.63 bits per heavy atom. The van der Waals surface area contributed by atoms with Crippen molar-refractivity contribution in [1.29, 1.82) is 0 Å². The second kappa shape index (κ2) is 9.70. The number of ether oxygens (including phenoxy) is 2. The maximum Gasteiger partial charge on any atom is 0.337 e. The van der Waals surface area contributed by atoms with Gasteiger partial charge in [0, 0.05) is 18.7 Å². The van der Waals surface area contributed by atoms with Crippen LogP contribution in [0.15, 0.2) is 66.7 Å². The maximum atomic E-state index is 13.6. The molecule has 0 radical (unpaired) electrons. The molecule has 0 amide bonds. The first-order valence-electron chi connectivity index (χ1n) is 11.6.